The van der Waals surface area contributed by atoms with Crippen LogP contribution in [0.2, 0.25) is 0 Å². The lowest BCUT2D eigenvalue weighted by Crippen LogP contribution is -2.49. The number of benzene rings is 4. The summed E-state index contributed by atoms with van der Waals surface area (Å²) in [6.45, 7) is 7.17. The van der Waals surface area contributed by atoms with E-state index in [4.69, 9.17) is 9.47 Å². The second-order valence-electron chi connectivity index (χ2n) is 12.0. The first-order valence-electron chi connectivity index (χ1n) is 15.6. The van der Waals surface area contributed by atoms with Crippen molar-refractivity contribution < 1.29 is 23.4 Å². The number of nitrogens with zero attached hydrogens (tertiary/aromatic N) is 2. The van der Waals surface area contributed by atoms with Crippen molar-refractivity contribution in [2.75, 3.05) is 32.7 Å². The predicted molar refractivity (Wildman–Crippen MR) is 189 cm³/mol. The Bertz CT molecular complexity index is 1660. The zero-order chi connectivity index (χ0) is 34.5. The van der Waals surface area contributed by atoms with Gasteiger partial charge in [-0.2, -0.15) is 0 Å². The Morgan fingerprint density at radius 3 is 1.98 bits per heavy atom. The highest BCUT2D eigenvalue weighted by Gasteiger charge is 2.28. The SMILES string of the molecule is CCc1ccccc1.COc1cc(CN(CCNS(C)(C)(=O)c2ccc([N+](=O)[O-])cc2)C(=O)C(C)C)ccc1OCc1ccccc1. The lowest BCUT2D eigenvalue weighted by molar-refractivity contribution is -0.384. The van der Waals surface area contributed by atoms with E-state index in [0.29, 0.717) is 36.1 Å². The van der Waals surface area contributed by atoms with E-state index in [0.717, 1.165) is 17.5 Å². The second-order valence-corrected chi connectivity index (χ2v) is 16.4. The van der Waals surface area contributed by atoms with Crippen molar-refractivity contribution in [2.24, 2.45) is 5.92 Å². The predicted octanol–water partition coefficient (Wildman–Crippen LogP) is 7.06. The van der Waals surface area contributed by atoms with Crippen LogP contribution in [-0.2, 0) is 33.6 Å². The fourth-order valence-electron chi connectivity index (χ4n) is 4.76. The van der Waals surface area contributed by atoms with Gasteiger partial charge in [0.15, 0.2) is 11.5 Å². The average molecular weight is 662 g/mol. The van der Waals surface area contributed by atoms with Crippen molar-refractivity contribution in [3.05, 3.63) is 130 Å². The molecule has 1 N–H and O–H groups in total. The molecule has 4 aromatic carbocycles. The van der Waals surface area contributed by atoms with Gasteiger partial charge in [-0.25, -0.2) is 0 Å². The molecule has 0 atom stereocenters. The summed E-state index contributed by atoms with van der Waals surface area (Å²) < 4.78 is 28.4. The molecule has 1 amide bonds. The fraction of sp³-hybridized carbons (Fsp3) is 0.324. The Morgan fingerprint density at radius 2 is 1.47 bits per heavy atom. The fourth-order valence-corrected chi connectivity index (χ4v) is 6.53. The van der Waals surface area contributed by atoms with Crippen molar-refractivity contribution in [1.82, 2.24) is 9.62 Å². The summed E-state index contributed by atoms with van der Waals surface area (Å²) in [5, 5.41) is 11.0. The van der Waals surface area contributed by atoms with Gasteiger partial charge in [0, 0.05) is 55.1 Å². The van der Waals surface area contributed by atoms with Crippen LogP contribution in [0.4, 0.5) is 5.69 Å². The monoisotopic (exact) mass is 661 g/mol. The molecule has 0 bridgehead atoms. The number of hydrogen-bond acceptors (Lipinski definition) is 6. The van der Waals surface area contributed by atoms with Crippen LogP contribution in [0.25, 0.3) is 0 Å². The summed E-state index contributed by atoms with van der Waals surface area (Å²) in [6.07, 6.45) is 4.32. The highest BCUT2D eigenvalue weighted by atomic mass is 32.3. The Labute approximate surface area is 278 Å². The van der Waals surface area contributed by atoms with Gasteiger partial charge in [-0.15, -0.1) is 0 Å². The third-order valence-electron chi connectivity index (χ3n) is 7.53. The maximum Gasteiger partial charge on any atom is 0.269 e. The topological polar surface area (TPSA) is 111 Å². The van der Waals surface area contributed by atoms with Crippen LogP contribution < -0.4 is 14.2 Å². The minimum absolute atomic E-state index is 0.0359. The van der Waals surface area contributed by atoms with E-state index in [1.807, 2.05) is 68.4 Å². The Hall–Kier alpha value is -4.54. The lowest BCUT2D eigenvalue weighted by Gasteiger charge is -2.37. The molecule has 0 fully saturated rings. The maximum atomic E-state index is 13.8. The standard InChI is InChI=1S/C29H37N3O6S.C8H10/c1-22(2)29(33)31(18-17-30-39(4,5,36)26-14-12-25(13-15-26)32(34)35)20-24-11-16-27(28(19-24)37-3)38-21-23-9-7-6-8-10-23;1-2-8-6-4-3-5-7-8/h6-16,19,22H,17-18,20-21H2,1-5H3,(H,30,36);3-7H,2H2,1H3. The van der Waals surface area contributed by atoms with Gasteiger partial charge in [-0.05, 0) is 56.6 Å². The number of aryl methyl sites for hydroxylation is 1. The van der Waals surface area contributed by atoms with Crippen LogP contribution in [-0.4, -0.2) is 52.7 Å². The van der Waals surface area contributed by atoms with Crippen molar-refractivity contribution in [2.45, 2.75) is 45.2 Å². The molecule has 0 aliphatic rings. The summed E-state index contributed by atoms with van der Waals surface area (Å²) in [5.74, 6) is 0.920. The molecule has 0 unspecified atom stereocenters. The molecule has 4 rings (SSSR count). The van der Waals surface area contributed by atoms with Crippen molar-refractivity contribution >= 4 is 20.8 Å². The van der Waals surface area contributed by atoms with Crippen LogP contribution in [0.5, 0.6) is 11.5 Å². The van der Waals surface area contributed by atoms with Crippen LogP contribution in [0.1, 0.15) is 37.5 Å². The van der Waals surface area contributed by atoms with Gasteiger partial charge in [-0.3, -0.25) is 23.8 Å². The number of nitro groups is 1. The molecule has 10 heteroatoms. The molecule has 0 aliphatic heterocycles. The molecule has 252 valence electrons. The molecule has 47 heavy (non-hydrogen) atoms. The van der Waals surface area contributed by atoms with Gasteiger partial charge < -0.3 is 14.4 Å². The van der Waals surface area contributed by atoms with Crippen molar-refractivity contribution in [3.63, 3.8) is 0 Å². The number of hydrogen-bond donors (Lipinski definition) is 1. The number of carbonyl (C=O) groups is 1. The number of amides is 1. The van der Waals surface area contributed by atoms with E-state index in [2.05, 4.69) is 35.9 Å². The van der Waals surface area contributed by atoms with Gasteiger partial charge >= 0.3 is 0 Å². The van der Waals surface area contributed by atoms with E-state index in [1.165, 1.54) is 29.8 Å². The van der Waals surface area contributed by atoms with E-state index < -0.39 is 14.2 Å². The molecule has 0 heterocycles. The number of carbonyl (C=O) groups excluding carboxylic acids is 1. The van der Waals surface area contributed by atoms with Gasteiger partial charge in [0.25, 0.3) is 5.69 Å². The molecule has 0 aromatic heterocycles. The summed E-state index contributed by atoms with van der Waals surface area (Å²) in [7, 11) is -1.94. The molecule has 0 saturated carbocycles. The summed E-state index contributed by atoms with van der Waals surface area (Å²) >= 11 is 0. The highest BCUT2D eigenvalue weighted by molar-refractivity contribution is 8.17. The van der Waals surface area contributed by atoms with Crippen LogP contribution >= 0.6 is 0 Å². The lowest BCUT2D eigenvalue weighted by atomic mass is 10.1. The zero-order valence-electron chi connectivity index (χ0n) is 28.2. The second kappa shape index (κ2) is 16.9. The first-order chi connectivity index (χ1) is 22.3. The quantitative estimate of drug-likeness (QED) is 0.114. The number of methoxy groups -OCH3 is 1. The minimum atomic E-state index is -3.52. The maximum absolute atomic E-state index is 13.8. The van der Waals surface area contributed by atoms with Gasteiger partial charge in [-0.1, -0.05) is 87.5 Å². The molecule has 9 nitrogen and oxygen atoms in total. The summed E-state index contributed by atoms with van der Waals surface area (Å²) in [5.41, 5.74) is 3.25. The number of nitro benzene ring substituents is 1. The minimum Gasteiger partial charge on any atom is -0.493 e. The van der Waals surface area contributed by atoms with E-state index in [9.17, 15) is 19.1 Å². The van der Waals surface area contributed by atoms with Crippen LogP contribution in [0.3, 0.4) is 0 Å². The van der Waals surface area contributed by atoms with Crippen LogP contribution in [0, 0.1) is 16.0 Å². The molecule has 0 aliphatic carbocycles. The molecule has 4 aromatic rings. The number of rotatable bonds is 14. The van der Waals surface area contributed by atoms with Gasteiger partial charge in [0.1, 0.15) is 6.61 Å². The average Bonchev–Trinajstić information content (AvgIpc) is 3.07. The molecule has 0 saturated heterocycles. The largest absolute Gasteiger partial charge is 0.493 e. The first kappa shape index (κ1) is 36.9. The Morgan fingerprint density at radius 1 is 0.872 bits per heavy atom. The Kier molecular flexibility index (Phi) is 13.2. The molecule has 0 radical (unpaired) electrons. The third-order valence-corrected chi connectivity index (χ3v) is 10.2. The first-order valence-corrected chi connectivity index (χ1v) is 18.4. The van der Waals surface area contributed by atoms with E-state index >= 15 is 0 Å². The molecule has 0 spiro atoms. The Balaban J connectivity index is 0.000000653. The van der Waals surface area contributed by atoms with Crippen molar-refractivity contribution in [3.8, 4) is 11.5 Å². The number of ether oxygens (including phenoxy) is 2. The number of non-ortho nitro benzene ring substituents is 1. The smallest absolute Gasteiger partial charge is 0.269 e. The van der Waals surface area contributed by atoms with E-state index in [-0.39, 0.29) is 24.1 Å². The van der Waals surface area contributed by atoms with Crippen LogP contribution in [0.15, 0.2) is 108 Å². The van der Waals surface area contributed by atoms with E-state index in [1.54, 1.807) is 24.5 Å². The van der Waals surface area contributed by atoms with Gasteiger partial charge in [0.2, 0.25) is 5.91 Å². The molecular weight excluding hydrogens is 614 g/mol. The normalized spacial score (nSPS) is 11.9. The summed E-state index contributed by atoms with van der Waals surface area (Å²) in [4.78, 5) is 25.7. The third kappa shape index (κ3) is 11.3. The van der Waals surface area contributed by atoms with Crippen molar-refractivity contribution in [1.29, 1.82) is 0 Å². The number of nitrogens with one attached hydrogen (secondary N) is 1. The van der Waals surface area contributed by atoms with Gasteiger partial charge in [0.05, 0.1) is 12.0 Å². The summed E-state index contributed by atoms with van der Waals surface area (Å²) in [6, 6.07) is 31.6. The zero-order valence-corrected chi connectivity index (χ0v) is 29.0. The highest BCUT2D eigenvalue weighted by Crippen LogP contribution is 2.30. The molecular formula is C37H47N3O6S.